The van der Waals surface area contributed by atoms with Crippen LogP contribution in [0.25, 0.3) is 10.2 Å². The Kier molecular flexibility index (Phi) is 9.37. The number of aromatic nitrogens is 1. The first-order chi connectivity index (χ1) is 17.9. The molecule has 0 spiro atoms. The monoisotopic (exact) mass is 554 g/mol. The number of aliphatic carboxylic acids is 1. The molecule has 0 aliphatic carbocycles. The van der Waals surface area contributed by atoms with E-state index >= 15 is 0 Å². The number of rotatable bonds is 13. The number of unbranched alkanes of at least 4 members (excludes halogenated alkanes) is 2. The summed E-state index contributed by atoms with van der Waals surface area (Å²) in [5, 5.41) is 10.2. The second-order valence-corrected chi connectivity index (χ2v) is 13.0. The summed E-state index contributed by atoms with van der Waals surface area (Å²) < 4.78 is 30.8. The Hall–Kier alpha value is -2.72. The number of thioether (sulfide) groups is 1. The lowest BCUT2D eigenvalue weighted by Gasteiger charge is -2.28. The second-order valence-electron chi connectivity index (χ2n) is 8.74. The topological polar surface area (TPSA) is 87.6 Å². The molecule has 1 N–H and O–H groups in total. The van der Waals surface area contributed by atoms with Crippen molar-refractivity contribution in [3.63, 3.8) is 0 Å². The third-order valence-corrected chi connectivity index (χ3v) is 10.1. The van der Waals surface area contributed by atoms with Gasteiger partial charge in [0.2, 0.25) is 10.0 Å². The fraction of sp³-hybridized carbons (Fsp3) is 0.286. The lowest BCUT2D eigenvalue weighted by molar-refractivity contribution is -0.141. The minimum atomic E-state index is -4.15. The van der Waals surface area contributed by atoms with Crippen molar-refractivity contribution in [2.24, 2.45) is 0 Å². The van der Waals surface area contributed by atoms with Crippen molar-refractivity contribution in [3.8, 4) is 0 Å². The molecule has 37 heavy (non-hydrogen) atoms. The number of carboxylic acids is 1. The van der Waals surface area contributed by atoms with Crippen LogP contribution in [0.2, 0.25) is 0 Å². The van der Waals surface area contributed by atoms with Crippen molar-refractivity contribution in [2.45, 2.75) is 54.4 Å². The zero-order valence-electron chi connectivity index (χ0n) is 20.6. The highest BCUT2D eigenvalue weighted by molar-refractivity contribution is 8.01. The third-order valence-electron chi connectivity index (χ3n) is 6.01. The summed E-state index contributed by atoms with van der Waals surface area (Å²) >= 11 is 3.16. The van der Waals surface area contributed by atoms with Crippen LogP contribution in [0.5, 0.6) is 0 Å². The van der Waals surface area contributed by atoms with Gasteiger partial charge in [-0.15, -0.1) is 11.3 Å². The van der Waals surface area contributed by atoms with Crippen molar-refractivity contribution >= 4 is 49.3 Å². The molecular weight excluding hydrogens is 525 g/mol. The fourth-order valence-corrected chi connectivity index (χ4v) is 7.88. The highest BCUT2D eigenvalue weighted by Gasteiger charge is 2.36. The van der Waals surface area contributed by atoms with E-state index in [9.17, 15) is 18.3 Å². The molecule has 0 aliphatic rings. The molecule has 0 bridgehead atoms. The van der Waals surface area contributed by atoms with Crippen LogP contribution in [0.15, 0.2) is 88.1 Å². The minimum absolute atomic E-state index is 0.0494. The van der Waals surface area contributed by atoms with E-state index in [1.807, 2.05) is 48.5 Å². The van der Waals surface area contributed by atoms with E-state index in [1.54, 1.807) is 36.0 Å². The van der Waals surface area contributed by atoms with Crippen molar-refractivity contribution < 1.29 is 18.3 Å². The molecule has 1 atom stereocenters. The molecule has 1 heterocycles. The van der Waals surface area contributed by atoms with Gasteiger partial charge in [0.05, 0.1) is 15.1 Å². The molecule has 0 radical (unpaired) electrons. The Morgan fingerprint density at radius 1 is 1.00 bits per heavy atom. The van der Waals surface area contributed by atoms with E-state index in [-0.39, 0.29) is 17.9 Å². The van der Waals surface area contributed by atoms with E-state index < -0.39 is 22.0 Å². The van der Waals surface area contributed by atoms with E-state index in [0.717, 1.165) is 48.6 Å². The van der Waals surface area contributed by atoms with Crippen LogP contribution in [0.1, 0.15) is 37.3 Å². The van der Waals surface area contributed by atoms with Gasteiger partial charge in [-0.3, -0.25) is 4.79 Å². The maximum absolute atomic E-state index is 14.0. The Labute approximate surface area is 226 Å². The van der Waals surface area contributed by atoms with Crippen LogP contribution in [0.3, 0.4) is 0 Å². The molecule has 0 fully saturated rings. The summed E-state index contributed by atoms with van der Waals surface area (Å²) in [6.45, 7) is 2.12. The number of fused-ring (bicyclic) bond motifs is 1. The van der Waals surface area contributed by atoms with E-state index in [2.05, 4.69) is 11.9 Å². The normalized spacial score (nSPS) is 12.7. The van der Waals surface area contributed by atoms with Gasteiger partial charge in [-0.2, -0.15) is 4.31 Å². The van der Waals surface area contributed by atoms with Crippen LogP contribution in [0, 0.1) is 0 Å². The van der Waals surface area contributed by atoms with Gasteiger partial charge in [-0.25, -0.2) is 13.4 Å². The van der Waals surface area contributed by atoms with Crippen molar-refractivity contribution in [2.75, 3.05) is 5.75 Å². The number of benzene rings is 3. The average Bonchev–Trinajstić information content (AvgIpc) is 3.32. The molecule has 6 nitrogen and oxygen atoms in total. The van der Waals surface area contributed by atoms with E-state index in [1.165, 1.54) is 23.8 Å². The predicted octanol–water partition coefficient (Wildman–Crippen LogP) is 6.47. The smallest absolute Gasteiger partial charge is 0.322 e. The Balaban J connectivity index is 1.69. The third kappa shape index (κ3) is 6.98. The summed E-state index contributed by atoms with van der Waals surface area (Å²) in [6, 6.07) is 21.8. The standard InChI is InChI=1S/C28H30N2O4S3/c1-2-3-10-17-35-28-29-24-16-15-23(19-26(24)36-28)37(33,34)30(20-22-13-8-5-9-14-22)25(27(31)32)18-21-11-6-4-7-12-21/h4-9,11-16,19,25H,2-3,10,17-18,20H2,1H3,(H,31,32)/t25-/m1/s1. The molecule has 4 rings (SSSR count). The molecule has 194 valence electrons. The Morgan fingerprint density at radius 2 is 1.68 bits per heavy atom. The van der Waals surface area contributed by atoms with Crippen molar-refractivity contribution in [1.82, 2.24) is 9.29 Å². The number of carboxylic acid groups (broad SMARTS) is 1. The molecule has 0 unspecified atom stereocenters. The van der Waals surface area contributed by atoms with Crippen LogP contribution < -0.4 is 0 Å². The lowest BCUT2D eigenvalue weighted by atomic mass is 10.1. The highest BCUT2D eigenvalue weighted by Crippen LogP contribution is 2.33. The molecular formula is C28H30N2O4S3. The molecule has 1 aromatic heterocycles. The number of carbonyl (C=O) groups is 1. The van der Waals surface area contributed by atoms with Gasteiger partial charge in [0.25, 0.3) is 0 Å². The van der Waals surface area contributed by atoms with Gasteiger partial charge in [0.15, 0.2) is 4.34 Å². The number of nitrogens with zero attached hydrogens (tertiary/aromatic N) is 2. The predicted molar refractivity (Wildman–Crippen MR) is 151 cm³/mol. The van der Waals surface area contributed by atoms with Crippen molar-refractivity contribution in [3.05, 3.63) is 90.0 Å². The average molecular weight is 555 g/mol. The number of sulfonamides is 1. The van der Waals surface area contributed by atoms with Crippen LogP contribution in [0.4, 0.5) is 0 Å². The van der Waals surface area contributed by atoms with Crippen molar-refractivity contribution in [1.29, 1.82) is 0 Å². The van der Waals surface area contributed by atoms with Crippen LogP contribution in [-0.2, 0) is 27.8 Å². The Bertz CT molecular complexity index is 1420. The van der Waals surface area contributed by atoms with Gasteiger partial charge >= 0.3 is 5.97 Å². The van der Waals surface area contributed by atoms with Crippen LogP contribution in [-0.4, -0.2) is 40.6 Å². The molecule has 0 saturated carbocycles. The van der Waals surface area contributed by atoms with Crippen LogP contribution >= 0.6 is 23.1 Å². The maximum Gasteiger partial charge on any atom is 0.322 e. The summed E-state index contributed by atoms with van der Waals surface area (Å²) in [6.07, 6.45) is 3.50. The largest absolute Gasteiger partial charge is 0.480 e. The number of thiazole rings is 1. The SMILES string of the molecule is CCCCCSc1nc2ccc(S(=O)(=O)N(Cc3ccccc3)[C@H](Cc3ccccc3)C(=O)O)cc2s1. The first kappa shape index (κ1) is 27.3. The zero-order valence-corrected chi connectivity index (χ0v) is 23.1. The van der Waals surface area contributed by atoms with Gasteiger partial charge in [-0.05, 0) is 42.2 Å². The molecule has 4 aromatic rings. The first-order valence-corrected chi connectivity index (χ1v) is 15.5. The second kappa shape index (κ2) is 12.7. The minimum Gasteiger partial charge on any atom is -0.480 e. The van der Waals surface area contributed by atoms with E-state index in [0.29, 0.717) is 0 Å². The zero-order chi connectivity index (χ0) is 26.3. The fourth-order valence-electron chi connectivity index (χ4n) is 4.03. The van der Waals surface area contributed by atoms with Gasteiger partial charge in [0, 0.05) is 12.3 Å². The highest BCUT2D eigenvalue weighted by atomic mass is 32.2. The summed E-state index contributed by atoms with van der Waals surface area (Å²) in [5.41, 5.74) is 2.22. The molecule has 3 aromatic carbocycles. The molecule has 0 saturated heterocycles. The maximum atomic E-state index is 14.0. The van der Waals surface area contributed by atoms with E-state index in [4.69, 9.17) is 0 Å². The number of hydrogen-bond donors (Lipinski definition) is 1. The lowest BCUT2D eigenvalue weighted by Crippen LogP contribution is -2.45. The quantitative estimate of drug-likeness (QED) is 0.151. The first-order valence-electron chi connectivity index (χ1n) is 12.2. The summed E-state index contributed by atoms with van der Waals surface area (Å²) in [4.78, 5) is 17.2. The molecule has 0 aliphatic heterocycles. The van der Waals surface area contributed by atoms with Gasteiger partial charge < -0.3 is 5.11 Å². The number of hydrogen-bond acceptors (Lipinski definition) is 6. The van der Waals surface area contributed by atoms with Gasteiger partial charge in [-0.1, -0.05) is 92.2 Å². The summed E-state index contributed by atoms with van der Waals surface area (Å²) in [7, 11) is -4.15. The Morgan fingerprint density at radius 3 is 2.32 bits per heavy atom. The molecule has 0 amide bonds. The van der Waals surface area contributed by atoms with Gasteiger partial charge in [0.1, 0.15) is 6.04 Å². The molecule has 9 heteroatoms. The summed E-state index contributed by atoms with van der Waals surface area (Å²) in [5.74, 6) is -0.211.